The highest BCUT2D eigenvalue weighted by atomic mass is 32.2. The summed E-state index contributed by atoms with van der Waals surface area (Å²) in [5.41, 5.74) is 1.72. The molecule has 26 heavy (non-hydrogen) atoms. The minimum atomic E-state index is -3.97. The summed E-state index contributed by atoms with van der Waals surface area (Å²) in [7, 11) is -3.97. The number of anilines is 1. The predicted molar refractivity (Wildman–Crippen MR) is 91.9 cm³/mol. The van der Waals surface area contributed by atoms with E-state index in [0.29, 0.717) is 5.69 Å². The number of ether oxygens (including phenoxy) is 1. The van der Waals surface area contributed by atoms with Crippen LogP contribution >= 0.6 is 0 Å². The monoisotopic (exact) mass is 381 g/mol. The van der Waals surface area contributed by atoms with Crippen LogP contribution in [0.5, 0.6) is 0 Å². The van der Waals surface area contributed by atoms with E-state index in [4.69, 9.17) is 9.26 Å². The quantitative estimate of drug-likeness (QED) is 0.686. The molecule has 10 heteroatoms. The number of aromatic nitrogens is 1. The minimum absolute atomic E-state index is 0.112. The first-order valence-electron chi connectivity index (χ1n) is 7.63. The third-order valence-corrected chi connectivity index (χ3v) is 4.95. The van der Waals surface area contributed by atoms with Gasteiger partial charge in [0.25, 0.3) is 5.91 Å². The summed E-state index contributed by atoms with van der Waals surface area (Å²) in [6.07, 6.45) is 0. The normalized spacial score (nSPS) is 11.2. The Hall–Kier alpha value is -2.72. The van der Waals surface area contributed by atoms with Gasteiger partial charge in [-0.2, -0.15) is 4.72 Å². The Balaban J connectivity index is 1.83. The molecular formula is C16H19N3O6S. The third-order valence-electron chi connectivity index (χ3n) is 3.31. The largest absolute Gasteiger partial charge is 0.455 e. The Labute approximate surface area is 150 Å². The zero-order chi connectivity index (χ0) is 19.3. The van der Waals surface area contributed by atoms with Gasteiger partial charge in [-0.25, -0.2) is 8.42 Å². The second-order valence-corrected chi connectivity index (χ2v) is 7.26. The van der Waals surface area contributed by atoms with Crippen LogP contribution in [0.3, 0.4) is 0 Å². The van der Waals surface area contributed by atoms with Gasteiger partial charge in [-0.1, -0.05) is 17.3 Å². The molecule has 1 aromatic carbocycles. The first kappa shape index (κ1) is 19.6. The molecule has 0 saturated heterocycles. The molecule has 1 heterocycles. The van der Waals surface area contributed by atoms with Crippen molar-refractivity contribution in [1.82, 2.24) is 9.88 Å². The smallest absolute Gasteiger partial charge is 0.321 e. The molecule has 0 spiro atoms. The lowest BCUT2D eigenvalue weighted by Crippen LogP contribution is -2.32. The molecule has 0 aliphatic heterocycles. The van der Waals surface area contributed by atoms with E-state index in [2.05, 4.69) is 15.2 Å². The van der Waals surface area contributed by atoms with Crippen molar-refractivity contribution in [2.75, 3.05) is 18.5 Å². The number of hydrogen-bond acceptors (Lipinski definition) is 7. The summed E-state index contributed by atoms with van der Waals surface area (Å²) in [5, 5.41) is 6.12. The van der Waals surface area contributed by atoms with E-state index in [1.807, 2.05) is 13.0 Å². The van der Waals surface area contributed by atoms with Crippen molar-refractivity contribution < 1.29 is 27.3 Å². The Bertz CT molecular complexity index is 900. The zero-order valence-corrected chi connectivity index (χ0v) is 15.3. The maximum absolute atomic E-state index is 12.2. The van der Waals surface area contributed by atoms with Crippen LogP contribution in [0.15, 0.2) is 33.7 Å². The standard InChI is InChI=1S/C16H19N3O6S/c1-10-5-4-6-13(7-10)18-14(20)9-24-15(21)8-17-26(22,23)16-11(2)19-25-12(16)3/h4-7,17H,8-9H2,1-3H3,(H,18,20). The highest BCUT2D eigenvalue weighted by Gasteiger charge is 2.25. The van der Waals surface area contributed by atoms with Crippen molar-refractivity contribution in [3.05, 3.63) is 41.3 Å². The molecule has 2 aromatic rings. The SMILES string of the molecule is Cc1cccc(NC(=O)COC(=O)CNS(=O)(=O)c2c(C)noc2C)c1. The molecule has 2 N–H and O–H groups in total. The van der Waals surface area contributed by atoms with Crippen molar-refractivity contribution in [3.63, 3.8) is 0 Å². The van der Waals surface area contributed by atoms with E-state index in [1.54, 1.807) is 18.2 Å². The summed E-state index contributed by atoms with van der Waals surface area (Å²) in [6, 6.07) is 7.11. The third kappa shape index (κ3) is 5.14. The molecule has 0 radical (unpaired) electrons. The van der Waals surface area contributed by atoms with E-state index in [-0.39, 0.29) is 16.3 Å². The molecule has 0 unspecified atom stereocenters. The number of nitrogens with zero attached hydrogens (tertiary/aromatic N) is 1. The molecule has 2 rings (SSSR count). The molecule has 0 aliphatic carbocycles. The summed E-state index contributed by atoms with van der Waals surface area (Å²) in [5.74, 6) is -1.31. The molecule has 1 aromatic heterocycles. The summed E-state index contributed by atoms with van der Waals surface area (Å²) in [6.45, 7) is 3.65. The topological polar surface area (TPSA) is 128 Å². The lowest BCUT2D eigenvalue weighted by Gasteiger charge is -2.08. The van der Waals surface area contributed by atoms with Crippen LogP contribution in [0, 0.1) is 20.8 Å². The van der Waals surface area contributed by atoms with E-state index in [9.17, 15) is 18.0 Å². The number of carbonyl (C=O) groups is 2. The predicted octanol–water partition coefficient (Wildman–Crippen LogP) is 1.06. The second kappa shape index (κ2) is 8.11. The van der Waals surface area contributed by atoms with Gasteiger partial charge in [-0.3, -0.25) is 9.59 Å². The Morgan fingerprint density at radius 2 is 1.96 bits per heavy atom. The second-order valence-electron chi connectivity index (χ2n) is 5.56. The number of benzene rings is 1. The van der Waals surface area contributed by atoms with Gasteiger partial charge in [0, 0.05) is 5.69 Å². The Morgan fingerprint density at radius 3 is 2.58 bits per heavy atom. The summed E-state index contributed by atoms with van der Waals surface area (Å²) >= 11 is 0. The fraction of sp³-hybridized carbons (Fsp3) is 0.312. The van der Waals surface area contributed by atoms with Gasteiger partial charge in [0.05, 0.1) is 0 Å². The van der Waals surface area contributed by atoms with Gasteiger partial charge >= 0.3 is 5.97 Å². The van der Waals surface area contributed by atoms with E-state index in [1.165, 1.54) is 13.8 Å². The average molecular weight is 381 g/mol. The van der Waals surface area contributed by atoms with Gasteiger partial charge in [0.2, 0.25) is 10.0 Å². The number of esters is 1. The van der Waals surface area contributed by atoms with Gasteiger partial charge in [0.15, 0.2) is 12.4 Å². The van der Waals surface area contributed by atoms with Crippen molar-refractivity contribution >= 4 is 27.6 Å². The molecule has 0 bridgehead atoms. The molecule has 0 atom stereocenters. The Kier molecular flexibility index (Phi) is 6.11. The summed E-state index contributed by atoms with van der Waals surface area (Å²) in [4.78, 5) is 23.3. The number of hydrogen-bond donors (Lipinski definition) is 2. The minimum Gasteiger partial charge on any atom is -0.455 e. The van der Waals surface area contributed by atoms with Gasteiger partial charge < -0.3 is 14.6 Å². The van der Waals surface area contributed by atoms with Crippen LogP contribution in [-0.2, 0) is 24.3 Å². The van der Waals surface area contributed by atoms with E-state index < -0.39 is 35.1 Å². The van der Waals surface area contributed by atoms with E-state index in [0.717, 1.165) is 5.56 Å². The van der Waals surface area contributed by atoms with Crippen LogP contribution in [0.4, 0.5) is 5.69 Å². The fourth-order valence-electron chi connectivity index (χ4n) is 2.20. The van der Waals surface area contributed by atoms with Gasteiger partial charge in [0.1, 0.15) is 17.1 Å². The highest BCUT2D eigenvalue weighted by Crippen LogP contribution is 2.18. The van der Waals surface area contributed by atoms with Gasteiger partial charge in [-0.05, 0) is 38.5 Å². The first-order chi connectivity index (χ1) is 12.2. The number of amides is 1. The molecular weight excluding hydrogens is 362 g/mol. The van der Waals surface area contributed by atoms with Crippen molar-refractivity contribution in [1.29, 1.82) is 0 Å². The first-order valence-corrected chi connectivity index (χ1v) is 9.12. The highest BCUT2D eigenvalue weighted by molar-refractivity contribution is 7.89. The number of nitrogens with one attached hydrogen (secondary N) is 2. The lowest BCUT2D eigenvalue weighted by molar-refractivity contribution is -0.146. The van der Waals surface area contributed by atoms with Gasteiger partial charge in [-0.15, -0.1) is 0 Å². The average Bonchev–Trinajstić information content (AvgIpc) is 2.90. The van der Waals surface area contributed by atoms with Crippen LogP contribution in [0.1, 0.15) is 17.0 Å². The molecule has 0 aliphatic rings. The van der Waals surface area contributed by atoms with Crippen molar-refractivity contribution in [2.45, 2.75) is 25.7 Å². The molecule has 0 saturated carbocycles. The number of carbonyl (C=O) groups excluding carboxylic acids is 2. The van der Waals surface area contributed by atoms with Crippen molar-refractivity contribution in [3.8, 4) is 0 Å². The molecule has 1 amide bonds. The lowest BCUT2D eigenvalue weighted by atomic mass is 10.2. The summed E-state index contributed by atoms with van der Waals surface area (Å²) < 4.78 is 36.0. The Morgan fingerprint density at radius 1 is 1.23 bits per heavy atom. The van der Waals surface area contributed by atoms with Crippen LogP contribution in [-0.4, -0.2) is 38.6 Å². The van der Waals surface area contributed by atoms with Crippen LogP contribution < -0.4 is 10.0 Å². The maximum Gasteiger partial charge on any atom is 0.321 e. The van der Waals surface area contributed by atoms with Crippen LogP contribution in [0.2, 0.25) is 0 Å². The zero-order valence-electron chi connectivity index (χ0n) is 14.5. The van der Waals surface area contributed by atoms with E-state index >= 15 is 0 Å². The number of rotatable bonds is 7. The van der Waals surface area contributed by atoms with Crippen molar-refractivity contribution in [2.24, 2.45) is 0 Å². The molecule has 0 fully saturated rings. The maximum atomic E-state index is 12.2. The van der Waals surface area contributed by atoms with Crippen LogP contribution in [0.25, 0.3) is 0 Å². The molecule has 9 nitrogen and oxygen atoms in total. The number of aryl methyl sites for hydroxylation is 3. The number of sulfonamides is 1. The fourth-order valence-corrected chi connectivity index (χ4v) is 3.50. The molecule has 140 valence electrons.